The molecule has 1 aromatic heterocycles. The predicted octanol–water partition coefficient (Wildman–Crippen LogP) is 1.17. The zero-order valence-electron chi connectivity index (χ0n) is 9.65. The Kier molecular flexibility index (Phi) is 2.55. The monoisotopic (exact) mass is 222 g/mol. The summed E-state index contributed by atoms with van der Waals surface area (Å²) in [6, 6.07) is 1.37. The van der Waals surface area contributed by atoms with Crippen molar-refractivity contribution in [1.82, 2.24) is 15.5 Å². The first-order valence-electron chi connectivity index (χ1n) is 6.16. The molecule has 2 unspecified atom stereocenters. The maximum atomic E-state index is 5.66. The lowest BCUT2D eigenvalue weighted by Crippen LogP contribution is -2.32. The summed E-state index contributed by atoms with van der Waals surface area (Å²) in [6.45, 7) is 4.77. The van der Waals surface area contributed by atoms with Crippen LogP contribution in [-0.4, -0.2) is 29.3 Å². The molecule has 0 amide bonds. The van der Waals surface area contributed by atoms with Crippen molar-refractivity contribution in [2.45, 2.75) is 38.8 Å². The molecule has 2 fully saturated rings. The number of anilines is 1. The second-order valence-corrected chi connectivity index (χ2v) is 4.74. The fraction of sp³-hybridized carbons (Fsp3) is 0.818. The highest BCUT2D eigenvalue weighted by Gasteiger charge is 2.40. The quantitative estimate of drug-likeness (QED) is 0.828. The number of rotatable bonds is 4. The van der Waals surface area contributed by atoms with E-state index in [1.165, 1.54) is 19.3 Å². The zero-order valence-corrected chi connectivity index (χ0v) is 9.65. The number of fused-ring (bicyclic) bond motifs is 2. The molecular weight excluding hydrogens is 204 g/mol. The third-order valence-corrected chi connectivity index (χ3v) is 3.64. The van der Waals surface area contributed by atoms with Gasteiger partial charge in [0.25, 0.3) is 0 Å². The molecule has 2 bridgehead atoms. The Bertz CT molecular complexity index is 365. The van der Waals surface area contributed by atoms with E-state index in [1.807, 2.05) is 0 Å². The maximum Gasteiger partial charge on any atom is 0.318 e. The first kappa shape index (κ1) is 10.1. The lowest BCUT2D eigenvalue weighted by Gasteiger charge is -2.24. The predicted molar refractivity (Wildman–Crippen MR) is 60.2 cm³/mol. The average molecular weight is 222 g/mol. The number of nitrogens with one attached hydrogen (secondary N) is 1. The van der Waals surface area contributed by atoms with E-state index in [9.17, 15) is 0 Å². The number of hydrogen-bond donors (Lipinski definition) is 1. The summed E-state index contributed by atoms with van der Waals surface area (Å²) in [5, 5.41) is 11.4. The highest BCUT2D eigenvalue weighted by molar-refractivity contribution is 5.31. The van der Waals surface area contributed by atoms with Gasteiger partial charge in [-0.25, -0.2) is 0 Å². The van der Waals surface area contributed by atoms with Gasteiger partial charge >= 0.3 is 6.01 Å². The smallest absolute Gasteiger partial charge is 0.318 e. The topological polar surface area (TPSA) is 54.2 Å². The zero-order chi connectivity index (χ0) is 11.0. The van der Waals surface area contributed by atoms with Crippen molar-refractivity contribution in [1.29, 1.82) is 0 Å². The second kappa shape index (κ2) is 4.05. The molecule has 1 aromatic rings. The molecule has 1 saturated heterocycles. The Morgan fingerprint density at radius 1 is 1.44 bits per heavy atom. The van der Waals surface area contributed by atoms with Crippen LogP contribution in [0.4, 0.5) is 6.01 Å². The fourth-order valence-electron chi connectivity index (χ4n) is 2.82. The number of hydrogen-bond acceptors (Lipinski definition) is 5. The minimum Gasteiger partial charge on any atom is -0.407 e. The summed E-state index contributed by atoms with van der Waals surface area (Å²) >= 11 is 0. The lowest BCUT2D eigenvalue weighted by atomic mass is 10.1. The number of nitrogens with zero attached hydrogens (tertiary/aromatic N) is 3. The van der Waals surface area contributed by atoms with E-state index in [2.05, 4.69) is 27.3 Å². The SMILES string of the molecule is CCNCc1nnc(N2CC3CCC2C3)o1. The highest BCUT2D eigenvalue weighted by atomic mass is 16.4. The molecule has 0 spiro atoms. The van der Waals surface area contributed by atoms with Crippen LogP contribution in [0.1, 0.15) is 32.1 Å². The van der Waals surface area contributed by atoms with Gasteiger partial charge in [-0.15, -0.1) is 5.10 Å². The van der Waals surface area contributed by atoms with Crippen LogP contribution in [0.3, 0.4) is 0 Å². The van der Waals surface area contributed by atoms with E-state index in [0.717, 1.165) is 25.0 Å². The Morgan fingerprint density at radius 2 is 2.38 bits per heavy atom. The molecule has 88 valence electrons. The molecule has 2 atom stereocenters. The van der Waals surface area contributed by atoms with Gasteiger partial charge in [-0.1, -0.05) is 12.0 Å². The van der Waals surface area contributed by atoms with Crippen molar-refractivity contribution in [3.63, 3.8) is 0 Å². The van der Waals surface area contributed by atoms with Crippen molar-refractivity contribution < 1.29 is 4.42 Å². The van der Waals surface area contributed by atoms with Crippen LogP contribution in [0, 0.1) is 5.92 Å². The van der Waals surface area contributed by atoms with Crippen molar-refractivity contribution in [3.8, 4) is 0 Å². The van der Waals surface area contributed by atoms with Gasteiger partial charge in [-0.3, -0.25) is 0 Å². The van der Waals surface area contributed by atoms with Crippen molar-refractivity contribution in [2.24, 2.45) is 5.92 Å². The Balaban J connectivity index is 1.68. The third-order valence-electron chi connectivity index (χ3n) is 3.64. The molecule has 5 nitrogen and oxygen atoms in total. The van der Waals surface area contributed by atoms with Gasteiger partial charge in [0.1, 0.15) is 0 Å². The van der Waals surface area contributed by atoms with E-state index in [4.69, 9.17) is 4.42 Å². The van der Waals surface area contributed by atoms with Gasteiger partial charge in [0.2, 0.25) is 5.89 Å². The van der Waals surface area contributed by atoms with Crippen LogP contribution in [0.2, 0.25) is 0 Å². The van der Waals surface area contributed by atoms with Gasteiger partial charge in [0.15, 0.2) is 0 Å². The van der Waals surface area contributed by atoms with E-state index in [1.54, 1.807) is 0 Å². The van der Waals surface area contributed by atoms with Crippen molar-refractivity contribution in [2.75, 3.05) is 18.0 Å². The lowest BCUT2D eigenvalue weighted by molar-refractivity contribution is 0.445. The molecule has 3 rings (SSSR count). The van der Waals surface area contributed by atoms with Crippen LogP contribution in [0.5, 0.6) is 0 Å². The van der Waals surface area contributed by atoms with Crippen LogP contribution in [0.25, 0.3) is 0 Å². The van der Waals surface area contributed by atoms with E-state index in [-0.39, 0.29) is 0 Å². The maximum absolute atomic E-state index is 5.66. The molecule has 1 saturated carbocycles. The average Bonchev–Trinajstić information content (AvgIpc) is 3.01. The Hall–Kier alpha value is -1.10. The summed E-state index contributed by atoms with van der Waals surface area (Å²) < 4.78 is 5.66. The van der Waals surface area contributed by atoms with Crippen LogP contribution in [0.15, 0.2) is 4.42 Å². The van der Waals surface area contributed by atoms with Gasteiger partial charge in [-0.05, 0) is 31.7 Å². The van der Waals surface area contributed by atoms with Gasteiger partial charge in [0, 0.05) is 12.6 Å². The first-order chi connectivity index (χ1) is 7.86. The van der Waals surface area contributed by atoms with Crippen molar-refractivity contribution in [3.05, 3.63) is 5.89 Å². The summed E-state index contributed by atoms with van der Waals surface area (Å²) in [5.74, 6) is 1.55. The van der Waals surface area contributed by atoms with Crippen molar-refractivity contribution >= 4 is 6.01 Å². The molecule has 2 aliphatic rings. The van der Waals surface area contributed by atoms with Crippen LogP contribution in [-0.2, 0) is 6.54 Å². The molecule has 1 N–H and O–H groups in total. The Morgan fingerprint density at radius 3 is 3.06 bits per heavy atom. The largest absolute Gasteiger partial charge is 0.407 e. The normalized spacial score (nSPS) is 27.9. The minimum atomic E-state index is 0.650. The molecule has 0 radical (unpaired) electrons. The van der Waals surface area contributed by atoms with E-state index < -0.39 is 0 Å². The summed E-state index contributed by atoms with van der Waals surface area (Å²) in [7, 11) is 0. The number of piperidine rings is 1. The standard InChI is InChI=1S/C11H18N4O/c1-2-12-6-10-13-14-11(16-10)15-7-8-3-4-9(15)5-8/h8-9,12H,2-7H2,1H3. The Labute approximate surface area is 95.2 Å². The molecule has 0 aromatic carbocycles. The summed E-state index contributed by atoms with van der Waals surface area (Å²) in [4.78, 5) is 2.29. The van der Waals surface area contributed by atoms with Crippen LogP contribution >= 0.6 is 0 Å². The molecular formula is C11H18N4O. The number of aromatic nitrogens is 2. The molecule has 1 aliphatic carbocycles. The first-order valence-corrected chi connectivity index (χ1v) is 6.16. The fourth-order valence-corrected chi connectivity index (χ4v) is 2.82. The van der Waals surface area contributed by atoms with Gasteiger partial charge < -0.3 is 14.6 Å². The highest BCUT2D eigenvalue weighted by Crippen LogP contribution is 2.39. The van der Waals surface area contributed by atoms with Gasteiger partial charge in [-0.2, -0.15) is 0 Å². The molecule has 2 heterocycles. The molecule has 5 heteroatoms. The third kappa shape index (κ3) is 1.69. The van der Waals surface area contributed by atoms with Gasteiger partial charge in [0.05, 0.1) is 6.54 Å². The second-order valence-electron chi connectivity index (χ2n) is 4.74. The summed E-state index contributed by atoms with van der Waals surface area (Å²) in [6.07, 6.45) is 3.97. The van der Waals surface area contributed by atoms with E-state index >= 15 is 0 Å². The molecule has 16 heavy (non-hydrogen) atoms. The minimum absolute atomic E-state index is 0.650. The van der Waals surface area contributed by atoms with Crippen LogP contribution < -0.4 is 10.2 Å². The molecule has 1 aliphatic heterocycles. The summed E-state index contributed by atoms with van der Waals surface area (Å²) in [5.41, 5.74) is 0. The van der Waals surface area contributed by atoms with E-state index in [0.29, 0.717) is 18.5 Å².